The summed E-state index contributed by atoms with van der Waals surface area (Å²) in [7, 11) is 0. The van der Waals surface area contributed by atoms with E-state index in [1.165, 1.54) is 6.07 Å². The molecule has 0 heterocycles. The molecule has 0 saturated heterocycles. The van der Waals surface area contributed by atoms with E-state index in [0.29, 0.717) is 29.9 Å². The predicted molar refractivity (Wildman–Crippen MR) is 76.0 cm³/mol. The summed E-state index contributed by atoms with van der Waals surface area (Å²) >= 11 is 0. The van der Waals surface area contributed by atoms with Crippen LogP contribution in [0.4, 0.5) is 4.39 Å². The largest absolute Gasteiger partial charge is 0.312 e. The second kappa shape index (κ2) is 7.25. The molecule has 0 bridgehead atoms. The number of nitriles is 1. The van der Waals surface area contributed by atoms with Gasteiger partial charge in [-0.25, -0.2) is 4.39 Å². The molecule has 1 N–H and O–H groups in total. The zero-order valence-electron chi connectivity index (χ0n) is 12.2. The molecule has 3 heteroatoms. The average Bonchev–Trinajstić information content (AvgIpc) is 2.35. The molecule has 2 nitrogen and oxygen atoms in total. The standard InChI is InChI=1S/C16H23FN2/c1-11(2)15(12(3)4)10-19-9-14-7-5-6-13(8-18)16(14)17/h5-7,11-12,15,19H,9-10H2,1-4H3. The van der Waals surface area contributed by atoms with E-state index in [1.54, 1.807) is 12.1 Å². The first-order valence-electron chi connectivity index (χ1n) is 6.85. The minimum atomic E-state index is -0.400. The van der Waals surface area contributed by atoms with Gasteiger partial charge in [0.2, 0.25) is 0 Å². The summed E-state index contributed by atoms with van der Waals surface area (Å²) < 4.78 is 13.9. The van der Waals surface area contributed by atoms with Gasteiger partial charge in [0.25, 0.3) is 0 Å². The summed E-state index contributed by atoms with van der Waals surface area (Å²) in [5.74, 6) is 1.37. The van der Waals surface area contributed by atoms with E-state index in [0.717, 1.165) is 6.54 Å². The molecule has 1 rings (SSSR count). The molecule has 1 aromatic rings. The number of hydrogen-bond acceptors (Lipinski definition) is 2. The van der Waals surface area contributed by atoms with Crippen molar-refractivity contribution in [1.82, 2.24) is 5.32 Å². The fraction of sp³-hybridized carbons (Fsp3) is 0.562. The van der Waals surface area contributed by atoms with Crippen LogP contribution in [0, 0.1) is 34.9 Å². The van der Waals surface area contributed by atoms with Crippen molar-refractivity contribution in [3.05, 3.63) is 35.1 Å². The van der Waals surface area contributed by atoms with Gasteiger partial charge in [-0.2, -0.15) is 5.26 Å². The number of hydrogen-bond donors (Lipinski definition) is 1. The number of halogens is 1. The zero-order valence-corrected chi connectivity index (χ0v) is 12.2. The molecule has 0 aliphatic heterocycles. The molecule has 0 atom stereocenters. The lowest BCUT2D eigenvalue weighted by molar-refractivity contribution is 0.275. The van der Waals surface area contributed by atoms with Crippen LogP contribution in [0.15, 0.2) is 18.2 Å². The van der Waals surface area contributed by atoms with Gasteiger partial charge in [-0.15, -0.1) is 0 Å². The maximum Gasteiger partial charge on any atom is 0.145 e. The highest BCUT2D eigenvalue weighted by molar-refractivity contribution is 5.34. The predicted octanol–water partition coefficient (Wildman–Crippen LogP) is 3.72. The van der Waals surface area contributed by atoms with Gasteiger partial charge in [-0.3, -0.25) is 0 Å². The molecule has 19 heavy (non-hydrogen) atoms. The van der Waals surface area contributed by atoms with Gasteiger partial charge in [-0.05, 0) is 30.4 Å². The number of benzene rings is 1. The molecule has 1 aromatic carbocycles. The first kappa shape index (κ1) is 15.7. The molecule has 0 amide bonds. The summed E-state index contributed by atoms with van der Waals surface area (Å²) in [4.78, 5) is 0. The molecule has 104 valence electrons. The van der Waals surface area contributed by atoms with Gasteiger partial charge >= 0.3 is 0 Å². The smallest absolute Gasteiger partial charge is 0.145 e. The highest BCUT2D eigenvalue weighted by atomic mass is 19.1. The quantitative estimate of drug-likeness (QED) is 0.848. The molecular formula is C16H23FN2. The van der Waals surface area contributed by atoms with Crippen molar-refractivity contribution in [2.24, 2.45) is 17.8 Å². The first-order valence-corrected chi connectivity index (χ1v) is 6.85. The summed E-state index contributed by atoms with van der Waals surface area (Å²) in [6.07, 6.45) is 0. The Kier molecular flexibility index (Phi) is 5.98. The van der Waals surface area contributed by atoms with Crippen molar-refractivity contribution in [2.45, 2.75) is 34.2 Å². The Bertz CT molecular complexity index is 439. The third kappa shape index (κ3) is 4.33. The molecule has 0 saturated carbocycles. The Morgan fingerprint density at radius 1 is 1.21 bits per heavy atom. The monoisotopic (exact) mass is 262 g/mol. The lowest BCUT2D eigenvalue weighted by Gasteiger charge is -2.25. The Hall–Kier alpha value is -1.40. The fourth-order valence-electron chi connectivity index (χ4n) is 2.42. The Morgan fingerprint density at radius 2 is 1.84 bits per heavy atom. The number of rotatable bonds is 6. The van der Waals surface area contributed by atoms with Gasteiger partial charge in [0.05, 0.1) is 5.56 Å². The number of nitrogens with one attached hydrogen (secondary N) is 1. The lowest BCUT2D eigenvalue weighted by Crippen LogP contribution is -2.29. The van der Waals surface area contributed by atoms with Crippen molar-refractivity contribution in [3.63, 3.8) is 0 Å². The van der Waals surface area contributed by atoms with E-state index in [9.17, 15) is 4.39 Å². The van der Waals surface area contributed by atoms with Crippen LogP contribution in [0.25, 0.3) is 0 Å². The number of nitrogens with zero attached hydrogens (tertiary/aromatic N) is 1. The molecule has 0 aliphatic carbocycles. The van der Waals surface area contributed by atoms with Crippen LogP contribution in [-0.4, -0.2) is 6.54 Å². The Morgan fingerprint density at radius 3 is 2.37 bits per heavy atom. The lowest BCUT2D eigenvalue weighted by atomic mass is 9.85. The van der Waals surface area contributed by atoms with E-state index in [2.05, 4.69) is 33.0 Å². The van der Waals surface area contributed by atoms with Crippen molar-refractivity contribution in [3.8, 4) is 6.07 Å². The third-order valence-corrected chi connectivity index (χ3v) is 3.61. The van der Waals surface area contributed by atoms with Crippen LogP contribution in [0.2, 0.25) is 0 Å². The van der Waals surface area contributed by atoms with Gasteiger partial charge < -0.3 is 5.32 Å². The minimum absolute atomic E-state index is 0.114. The van der Waals surface area contributed by atoms with Gasteiger partial charge in [0.1, 0.15) is 11.9 Å². The molecule has 0 aliphatic rings. The van der Waals surface area contributed by atoms with Gasteiger partial charge in [-0.1, -0.05) is 39.8 Å². The maximum absolute atomic E-state index is 13.9. The summed E-state index contributed by atoms with van der Waals surface area (Å²) in [6.45, 7) is 10.2. The van der Waals surface area contributed by atoms with Crippen molar-refractivity contribution < 1.29 is 4.39 Å². The Labute approximate surface area is 115 Å². The first-order chi connectivity index (χ1) is 8.97. The van der Waals surface area contributed by atoms with Crippen LogP contribution in [0.1, 0.15) is 38.8 Å². The molecule has 0 radical (unpaired) electrons. The van der Waals surface area contributed by atoms with E-state index >= 15 is 0 Å². The summed E-state index contributed by atoms with van der Waals surface area (Å²) in [6, 6.07) is 6.82. The highest BCUT2D eigenvalue weighted by Gasteiger charge is 2.17. The summed E-state index contributed by atoms with van der Waals surface area (Å²) in [5.41, 5.74) is 0.675. The second-order valence-corrected chi connectivity index (χ2v) is 5.67. The summed E-state index contributed by atoms with van der Waals surface area (Å²) in [5, 5.41) is 12.1. The van der Waals surface area contributed by atoms with E-state index in [4.69, 9.17) is 5.26 Å². The second-order valence-electron chi connectivity index (χ2n) is 5.67. The van der Waals surface area contributed by atoms with Gasteiger partial charge in [0.15, 0.2) is 0 Å². The fourth-order valence-corrected chi connectivity index (χ4v) is 2.42. The van der Waals surface area contributed by atoms with Crippen molar-refractivity contribution in [1.29, 1.82) is 5.26 Å². The molecular weight excluding hydrogens is 239 g/mol. The highest BCUT2D eigenvalue weighted by Crippen LogP contribution is 2.20. The van der Waals surface area contributed by atoms with Crippen LogP contribution >= 0.6 is 0 Å². The topological polar surface area (TPSA) is 35.8 Å². The zero-order chi connectivity index (χ0) is 14.4. The van der Waals surface area contributed by atoms with E-state index < -0.39 is 5.82 Å². The minimum Gasteiger partial charge on any atom is -0.312 e. The van der Waals surface area contributed by atoms with Crippen LogP contribution < -0.4 is 5.32 Å². The molecule has 0 fully saturated rings. The maximum atomic E-state index is 13.9. The SMILES string of the molecule is CC(C)C(CNCc1cccc(C#N)c1F)C(C)C. The molecule has 0 unspecified atom stereocenters. The Balaban J connectivity index is 2.61. The third-order valence-electron chi connectivity index (χ3n) is 3.61. The van der Waals surface area contributed by atoms with E-state index in [-0.39, 0.29) is 5.56 Å². The van der Waals surface area contributed by atoms with Crippen LogP contribution in [0.5, 0.6) is 0 Å². The normalized spacial score (nSPS) is 11.3. The van der Waals surface area contributed by atoms with Crippen LogP contribution in [-0.2, 0) is 6.54 Å². The van der Waals surface area contributed by atoms with Gasteiger partial charge in [0, 0.05) is 12.1 Å². The van der Waals surface area contributed by atoms with Crippen molar-refractivity contribution >= 4 is 0 Å². The molecule has 0 aromatic heterocycles. The van der Waals surface area contributed by atoms with Crippen molar-refractivity contribution in [2.75, 3.05) is 6.54 Å². The van der Waals surface area contributed by atoms with Crippen LogP contribution in [0.3, 0.4) is 0 Å². The molecule has 0 spiro atoms. The van der Waals surface area contributed by atoms with E-state index in [1.807, 2.05) is 6.07 Å². The average molecular weight is 262 g/mol.